The van der Waals surface area contributed by atoms with Gasteiger partial charge in [0.2, 0.25) is 5.91 Å². The lowest BCUT2D eigenvalue weighted by molar-refractivity contribution is -0.131. The number of nitrogens with zero attached hydrogens (tertiary/aromatic N) is 2. The van der Waals surface area contributed by atoms with Gasteiger partial charge in [-0.2, -0.15) is 11.8 Å². The number of carbonyl (C=O) groups excluding carboxylic acids is 1. The Hall–Kier alpha value is -1.81. The molecule has 0 aliphatic carbocycles. The Morgan fingerprint density at radius 1 is 1.25 bits per heavy atom. The zero-order chi connectivity index (χ0) is 23.1. The minimum absolute atomic E-state index is 0.0222. The predicted octanol–water partition coefficient (Wildman–Crippen LogP) is 2.60. The maximum Gasteiger partial charge on any atom is 0.494 e. The molecule has 2 N–H and O–H groups in total. The van der Waals surface area contributed by atoms with E-state index in [9.17, 15) is 4.79 Å². The first-order valence-electron chi connectivity index (χ1n) is 11.1. The minimum Gasteiger partial charge on any atom is -0.399 e. The molecule has 1 amide bonds. The second-order valence-corrected chi connectivity index (χ2v) is 10.7. The molecule has 1 aromatic carbocycles. The van der Waals surface area contributed by atoms with Gasteiger partial charge in [0.25, 0.3) is 0 Å². The number of rotatable bonds is 6. The molecule has 0 spiro atoms. The number of aromatic nitrogens is 2. The van der Waals surface area contributed by atoms with Gasteiger partial charge in [-0.05, 0) is 52.9 Å². The van der Waals surface area contributed by atoms with E-state index in [1.54, 1.807) is 18.8 Å². The molecule has 9 heteroatoms. The number of carbonyl (C=O) groups is 1. The van der Waals surface area contributed by atoms with Crippen molar-refractivity contribution in [3.63, 3.8) is 0 Å². The van der Waals surface area contributed by atoms with E-state index in [4.69, 9.17) is 14.3 Å². The number of benzene rings is 1. The van der Waals surface area contributed by atoms with E-state index in [0.717, 1.165) is 35.5 Å². The van der Waals surface area contributed by atoms with Gasteiger partial charge in [-0.1, -0.05) is 24.3 Å². The van der Waals surface area contributed by atoms with Gasteiger partial charge < -0.3 is 24.5 Å². The Balaban J connectivity index is 1.51. The average Bonchev–Trinajstić information content (AvgIpc) is 3.44. The number of imidazole rings is 1. The van der Waals surface area contributed by atoms with E-state index >= 15 is 0 Å². The zero-order valence-corrected chi connectivity index (χ0v) is 20.6. The van der Waals surface area contributed by atoms with Crippen LogP contribution in [0, 0.1) is 0 Å². The van der Waals surface area contributed by atoms with Crippen molar-refractivity contribution in [2.75, 3.05) is 26.4 Å². The van der Waals surface area contributed by atoms with Crippen molar-refractivity contribution in [1.82, 2.24) is 20.2 Å². The number of amides is 1. The molecular formula is C23H33BN4O3S. The summed E-state index contributed by atoms with van der Waals surface area (Å²) in [4.78, 5) is 22.7. The SMILES string of the molecule is CNCC(=O)N1CC(SC)CC1c1nc(-c2ccc(B3OC(C)(C)C(C)(C)O3)cc2)c[nH]1. The topological polar surface area (TPSA) is 79.5 Å². The molecule has 4 rings (SSSR count). The Labute approximate surface area is 195 Å². The van der Waals surface area contributed by atoms with Crippen molar-refractivity contribution in [1.29, 1.82) is 0 Å². The number of H-pyrrole nitrogens is 1. The van der Waals surface area contributed by atoms with E-state index < -0.39 is 0 Å². The Kier molecular flexibility index (Phi) is 6.46. The number of hydrogen-bond acceptors (Lipinski definition) is 6. The predicted molar refractivity (Wildman–Crippen MR) is 130 cm³/mol. The van der Waals surface area contributed by atoms with Crippen LogP contribution in [0.3, 0.4) is 0 Å². The van der Waals surface area contributed by atoms with Crippen molar-refractivity contribution in [3.8, 4) is 11.3 Å². The average molecular weight is 456 g/mol. The molecule has 0 bridgehead atoms. The van der Waals surface area contributed by atoms with Crippen LogP contribution < -0.4 is 10.8 Å². The van der Waals surface area contributed by atoms with Crippen LogP contribution in [0.2, 0.25) is 0 Å². The Bertz CT molecular complexity index is 946. The summed E-state index contributed by atoms with van der Waals surface area (Å²) >= 11 is 1.81. The summed E-state index contributed by atoms with van der Waals surface area (Å²) in [5, 5.41) is 3.39. The summed E-state index contributed by atoms with van der Waals surface area (Å²) in [6.45, 7) is 9.32. The third-order valence-electron chi connectivity index (χ3n) is 6.89. The van der Waals surface area contributed by atoms with E-state index in [-0.39, 0.29) is 30.3 Å². The fraction of sp³-hybridized carbons (Fsp3) is 0.565. The van der Waals surface area contributed by atoms with Crippen LogP contribution in [0.15, 0.2) is 30.5 Å². The maximum absolute atomic E-state index is 12.6. The summed E-state index contributed by atoms with van der Waals surface area (Å²) in [6, 6.07) is 8.14. The van der Waals surface area contributed by atoms with Crippen LogP contribution in [0.4, 0.5) is 0 Å². The molecule has 0 saturated carbocycles. The monoisotopic (exact) mass is 456 g/mol. The Morgan fingerprint density at radius 3 is 2.50 bits per heavy atom. The molecule has 2 aliphatic rings. The lowest BCUT2D eigenvalue weighted by Crippen LogP contribution is -2.41. The number of nitrogens with one attached hydrogen (secondary N) is 2. The second-order valence-electron chi connectivity index (χ2n) is 9.57. The zero-order valence-electron chi connectivity index (χ0n) is 19.8. The quantitative estimate of drug-likeness (QED) is 0.651. The highest BCUT2D eigenvalue weighted by Gasteiger charge is 2.51. The molecule has 2 atom stereocenters. The number of likely N-dealkylation sites (N-methyl/N-ethyl adjacent to an activating group) is 1. The number of aromatic amines is 1. The van der Waals surface area contributed by atoms with E-state index in [2.05, 4.69) is 44.3 Å². The molecule has 3 heterocycles. The number of likely N-dealkylation sites (tertiary alicyclic amines) is 1. The summed E-state index contributed by atoms with van der Waals surface area (Å²) in [6.07, 6.45) is 4.93. The smallest absolute Gasteiger partial charge is 0.399 e. The molecule has 32 heavy (non-hydrogen) atoms. The van der Waals surface area contributed by atoms with Crippen molar-refractivity contribution in [2.24, 2.45) is 0 Å². The third kappa shape index (κ3) is 4.36. The molecule has 2 aliphatic heterocycles. The lowest BCUT2D eigenvalue weighted by Gasteiger charge is -2.32. The van der Waals surface area contributed by atoms with Crippen LogP contribution in [0.25, 0.3) is 11.3 Å². The third-order valence-corrected chi connectivity index (χ3v) is 7.90. The molecule has 2 unspecified atom stereocenters. The van der Waals surface area contributed by atoms with E-state index in [0.29, 0.717) is 11.8 Å². The summed E-state index contributed by atoms with van der Waals surface area (Å²) < 4.78 is 12.3. The summed E-state index contributed by atoms with van der Waals surface area (Å²) in [7, 11) is 1.42. The highest BCUT2D eigenvalue weighted by Crippen LogP contribution is 2.37. The number of thioether (sulfide) groups is 1. The van der Waals surface area contributed by atoms with Gasteiger partial charge >= 0.3 is 7.12 Å². The minimum atomic E-state index is -0.377. The van der Waals surface area contributed by atoms with Crippen LogP contribution in [0.1, 0.15) is 46.0 Å². The van der Waals surface area contributed by atoms with Crippen molar-refractivity contribution < 1.29 is 14.1 Å². The first-order chi connectivity index (χ1) is 15.1. The maximum atomic E-state index is 12.6. The highest BCUT2D eigenvalue weighted by molar-refractivity contribution is 7.99. The van der Waals surface area contributed by atoms with Crippen molar-refractivity contribution in [3.05, 3.63) is 36.3 Å². The fourth-order valence-electron chi connectivity index (χ4n) is 4.20. The van der Waals surface area contributed by atoms with Gasteiger partial charge in [0.05, 0.1) is 29.5 Å². The fourth-order valence-corrected chi connectivity index (χ4v) is 4.89. The summed E-state index contributed by atoms with van der Waals surface area (Å²) in [5.74, 6) is 0.954. The van der Waals surface area contributed by atoms with E-state index in [1.165, 1.54) is 0 Å². The molecule has 7 nitrogen and oxygen atoms in total. The van der Waals surface area contributed by atoms with Crippen molar-refractivity contribution >= 4 is 30.3 Å². The van der Waals surface area contributed by atoms with Crippen LogP contribution in [0.5, 0.6) is 0 Å². The molecule has 172 valence electrons. The first-order valence-corrected chi connectivity index (χ1v) is 12.4. The Morgan fingerprint density at radius 2 is 1.91 bits per heavy atom. The van der Waals surface area contributed by atoms with Gasteiger partial charge in [0.1, 0.15) is 5.82 Å². The highest BCUT2D eigenvalue weighted by atomic mass is 32.2. The standard InChI is InChI=1S/C23H33BN4O3S/c1-22(2)23(3,4)31-24(30-22)16-9-7-15(8-10-16)18-12-26-21(27-18)19-11-17(32-6)14-28(19)20(29)13-25-5/h7-10,12,17,19,25H,11,13-14H2,1-6H3,(H,26,27). The molecule has 2 saturated heterocycles. The van der Waals surface area contributed by atoms with Crippen LogP contribution in [-0.4, -0.2) is 70.7 Å². The lowest BCUT2D eigenvalue weighted by atomic mass is 9.79. The molecule has 2 fully saturated rings. The first kappa shape index (κ1) is 23.4. The molecule has 0 radical (unpaired) electrons. The van der Waals surface area contributed by atoms with Gasteiger partial charge in [0, 0.05) is 23.6 Å². The van der Waals surface area contributed by atoms with E-state index in [1.807, 2.05) is 35.4 Å². The van der Waals surface area contributed by atoms with Gasteiger partial charge in [-0.25, -0.2) is 4.98 Å². The van der Waals surface area contributed by atoms with Crippen LogP contribution in [-0.2, 0) is 14.1 Å². The van der Waals surface area contributed by atoms with Gasteiger partial charge in [-0.3, -0.25) is 4.79 Å². The van der Waals surface area contributed by atoms with Gasteiger partial charge in [-0.15, -0.1) is 0 Å². The van der Waals surface area contributed by atoms with Gasteiger partial charge in [0.15, 0.2) is 0 Å². The normalized spacial score (nSPS) is 24.3. The molecule has 2 aromatic rings. The molecule has 1 aromatic heterocycles. The second kappa shape index (κ2) is 8.86. The molecular weight excluding hydrogens is 423 g/mol. The summed E-state index contributed by atoms with van der Waals surface area (Å²) in [5.41, 5.74) is 2.15. The van der Waals surface area contributed by atoms with Crippen LogP contribution >= 0.6 is 11.8 Å². The van der Waals surface area contributed by atoms with Crippen molar-refractivity contribution in [2.45, 2.75) is 56.6 Å². The number of hydrogen-bond donors (Lipinski definition) is 2. The largest absolute Gasteiger partial charge is 0.494 e.